The summed E-state index contributed by atoms with van der Waals surface area (Å²) in [5.74, 6) is -0.880. The van der Waals surface area contributed by atoms with Crippen LogP contribution in [0.25, 0.3) is 0 Å². The van der Waals surface area contributed by atoms with Crippen molar-refractivity contribution < 1.29 is 9.90 Å². The maximum absolute atomic E-state index is 11.4. The highest BCUT2D eigenvalue weighted by atomic mass is 35.5. The monoisotopic (exact) mass is 264 g/mol. The van der Waals surface area contributed by atoms with Crippen molar-refractivity contribution in [3.05, 3.63) is 62.8 Å². The zero-order chi connectivity index (χ0) is 13.1. The number of rotatable bonds is 3. The van der Waals surface area contributed by atoms with Crippen molar-refractivity contribution in [2.45, 2.75) is 6.42 Å². The Morgan fingerprint density at radius 1 is 1.33 bits per heavy atom. The molecule has 0 saturated heterocycles. The summed E-state index contributed by atoms with van der Waals surface area (Å²) in [6, 6.07) is 7.10. The van der Waals surface area contributed by atoms with E-state index in [0.717, 1.165) is 11.8 Å². The van der Waals surface area contributed by atoms with Gasteiger partial charge in [-0.15, -0.1) is 0 Å². The van der Waals surface area contributed by atoms with Gasteiger partial charge in [0.2, 0.25) is 0 Å². The second kappa shape index (κ2) is 5.01. The molecule has 0 aliphatic rings. The van der Waals surface area contributed by atoms with E-state index in [1.165, 1.54) is 0 Å². The van der Waals surface area contributed by atoms with Gasteiger partial charge in [0.1, 0.15) is 11.4 Å². The number of H-pyrrole nitrogens is 1. The van der Waals surface area contributed by atoms with E-state index in [-0.39, 0.29) is 5.56 Å². The molecule has 0 aliphatic heterocycles. The van der Waals surface area contributed by atoms with Crippen LogP contribution in [-0.2, 0) is 6.42 Å². The number of carboxylic acid groups (broad SMARTS) is 1. The lowest BCUT2D eigenvalue weighted by Gasteiger charge is -2.01. The average Bonchev–Trinajstić information content (AvgIpc) is 2.32. The molecule has 0 unspecified atom stereocenters. The smallest absolute Gasteiger partial charge is 0.342 e. The highest BCUT2D eigenvalue weighted by Gasteiger charge is 2.09. The van der Waals surface area contributed by atoms with E-state index < -0.39 is 11.5 Å². The SMILES string of the molecule is O=C(O)c1cnc(Cc2ccc(Cl)cc2)[nH]c1=O. The number of nitrogens with one attached hydrogen (secondary N) is 1. The zero-order valence-corrected chi connectivity index (χ0v) is 9.94. The van der Waals surface area contributed by atoms with Gasteiger partial charge in [0.25, 0.3) is 5.56 Å². The van der Waals surface area contributed by atoms with Crippen molar-refractivity contribution in [2.24, 2.45) is 0 Å². The molecule has 2 aromatic rings. The van der Waals surface area contributed by atoms with Crippen molar-refractivity contribution in [3.63, 3.8) is 0 Å². The lowest BCUT2D eigenvalue weighted by atomic mass is 10.1. The number of halogens is 1. The van der Waals surface area contributed by atoms with Crippen molar-refractivity contribution >= 4 is 17.6 Å². The lowest BCUT2D eigenvalue weighted by molar-refractivity contribution is 0.0694. The van der Waals surface area contributed by atoms with Crippen molar-refractivity contribution in [1.29, 1.82) is 0 Å². The maximum atomic E-state index is 11.4. The molecule has 18 heavy (non-hydrogen) atoms. The van der Waals surface area contributed by atoms with E-state index in [1.54, 1.807) is 12.1 Å². The molecule has 5 nitrogen and oxygen atoms in total. The van der Waals surface area contributed by atoms with Crippen LogP contribution in [0.1, 0.15) is 21.7 Å². The molecule has 1 aromatic carbocycles. The Morgan fingerprint density at radius 2 is 2.00 bits per heavy atom. The number of aromatic amines is 1. The Labute approximate surface area is 107 Å². The number of aromatic nitrogens is 2. The third-order valence-electron chi connectivity index (χ3n) is 2.37. The van der Waals surface area contributed by atoms with Crippen molar-refractivity contribution in [1.82, 2.24) is 9.97 Å². The molecule has 1 aromatic heterocycles. The zero-order valence-electron chi connectivity index (χ0n) is 9.18. The third-order valence-corrected chi connectivity index (χ3v) is 2.62. The first-order valence-electron chi connectivity index (χ1n) is 5.12. The summed E-state index contributed by atoms with van der Waals surface area (Å²) in [4.78, 5) is 28.4. The van der Waals surface area contributed by atoms with Gasteiger partial charge in [-0.3, -0.25) is 4.79 Å². The van der Waals surface area contributed by atoms with Crippen LogP contribution in [0.3, 0.4) is 0 Å². The first-order chi connectivity index (χ1) is 8.56. The van der Waals surface area contributed by atoms with Gasteiger partial charge in [0.15, 0.2) is 0 Å². The minimum Gasteiger partial charge on any atom is -0.477 e. The summed E-state index contributed by atoms with van der Waals surface area (Å²) in [6.07, 6.45) is 1.47. The summed E-state index contributed by atoms with van der Waals surface area (Å²) < 4.78 is 0. The molecule has 0 atom stereocenters. The molecule has 2 rings (SSSR count). The van der Waals surface area contributed by atoms with Gasteiger partial charge < -0.3 is 10.1 Å². The standard InChI is InChI=1S/C12H9ClN2O3/c13-8-3-1-7(2-4-8)5-10-14-6-9(12(17)18)11(16)15-10/h1-4,6H,5H2,(H,17,18)(H,14,15,16). The van der Waals surface area contributed by atoms with Gasteiger partial charge in [0, 0.05) is 17.6 Å². The fourth-order valence-corrected chi connectivity index (χ4v) is 1.60. The van der Waals surface area contributed by atoms with E-state index in [9.17, 15) is 9.59 Å². The topological polar surface area (TPSA) is 83.0 Å². The summed E-state index contributed by atoms with van der Waals surface area (Å²) in [5.41, 5.74) is -0.0954. The van der Waals surface area contributed by atoms with Crippen LogP contribution < -0.4 is 5.56 Å². The van der Waals surface area contributed by atoms with Crippen molar-refractivity contribution in [2.75, 3.05) is 0 Å². The minimum absolute atomic E-state index is 0.366. The largest absolute Gasteiger partial charge is 0.477 e. The molecule has 0 saturated carbocycles. The Bertz CT molecular complexity index is 635. The molecular formula is C12H9ClN2O3. The summed E-state index contributed by atoms with van der Waals surface area (Å²) >= 11 is 5.76. The van der Waals surface area contributed by atoms with E-state index >= 15 is 0 Å². The van der Waals surface area contributed by atoms with Gasteiger partial charge in [0.05, 0.1) is 0 Å². The quantitative estimate of drug-likeness (QED) is 0.884. The molecule has 1 heterocycles. The molecule has 0 bridgehead atoms. The first kappa shape index (κ1) is 12.3. The van der Waals surface area contributed by atoms with Gasteiger partial charge in [-0.1, -0.05) is 23.7 Å². The number of carboxylic acids is 1. The second-order valence-electron chi connectivity index (χ2n) is 3.68. The summed E-state index contributed by atoms with van der Waals surface area (Å²) in [6.45, 7) is 0. The lowest BCUT2D eigenvalue weighted by Crippen LogP contribution is -2.20. The van der Waals surface area contributed by atoms with Crippen LogP contribution in [0.15, 0.2) is 35.3 Å². The number of carbonyl (C=O) groups is 1. The van der Waals surface area contributed by atoms with Crippen molar-refractivity contribution in [3.8, 4) is 0 Å². The Kier molecular flexibility index (Phi) is 3.43. The van der Waals surface area contributed by atoms with Crippen LogP contribution in [0.2, 0.25) is 5.02 Å². The molecule has 0 fully saturated rings. The highest BCUT2D eigenvalue weighted by Crippen LogP contribution is 2.11. The predicted octanol–water partition coefficient (Wildman–Crippen LogP) is 1.71. The van der Waals surface area contributed by atoms with E-state index in [0.29, 0.717) is 17.3 Å². The molecule has 0 aliphatic carbocycles. The van der Waals surface area contributed by atoms with E-state index in [4.69, 9.17) is 16.7 Å². The third kappa shape index (κ3) is 2.75. The van der Waals surface area contributed by atoms with Crippen LogP contribution in [0.5, 0.6) is 0 Å². The van der Waals surface area contributed by atoms with Gasteiger partial charge >= 0.3 is 5.97 Å². The minimum atomic E-state index is -1.29. The molecular weight excluding hydrogens is 256 g/mol. The highest BCUT2D eigenvalue weighted by molar-refractivity contribution is 6.30. The molecule has 2 N–H and O–H groups in total. The molecule has 0 spiro atoms. The Balaban J connectivity index is 2.25. The second-order valence-corrected chi connectivity index (χ2v) is 4.12. The van der Waals surface area contributed by atoms with Crippen LogP contribution in [0, 0.1) is 0 Å². The van der Waals surface area contributed by atoms with Crippen LogP contribution >= 0.6 is 11.6 Å². The molecule has 6 heteroatoms. The normalized spacial score (nSPS) is 10.3. The van der Waals surface area contributed by atoms with E-state index in [1.807, 2.05) is 12.1 Å². The summed E-state index contributed by atoms with van der Waals surface area (Å²) in [7, 11) is 0. The maximum Gasteiger partial charge on any atom is 0.342 e. The van der Waals surface area contributed by atoms with E-state index in [2.05, 4.69) is 9.97 Å². The fraction of sp³-hybridized carbons (Fsp3) is 0.0833. The molecule has 92 valence electrons. The van der Waals surface area contributed by atoms with Crippen LogP contribution in [-0.4, -0.2) is 21.0 Å². The molecule has 0 radical (unpaired) electrons. The van der Waals surface area contributed by atoms with Gasteiger partial charge in [-0.05, 0) is 17.7 Å². The number of hydrogen-bond acceptors (Lipinski definition) is 3. The van der Waals surface area contributed by atoms with Gasteiger partial charge in [-0.2, -0.15) is 0 Å². The number of hydrogen-bond donors (Lipinski definition) is 2. The predicted molar refractivity (Wildman–Crippen MR) is 66.1 cm³/mol. The van der Waals surface area contributed by atoms with Gasteiger partial charge in [-0.25, -0.2) is 9.78 Å². The fourth-order valence-electron chi connectivity index (χ4n) is 1.47. The Morgan fingerprint density at radius 3 is 2.56 bits per heavy atom. The first-order valence-corrected chi connectivity index (χ1v) is 5.50. The Hall–Kier alpha value is -2.14. The summed E-state index contributed by atoms with van der Waals surface area (Å²) in [5, 5.41) is 9.33. The number of benzene rings is 1. The number of nitrogens with zero attached hydrogens (tertiary/aromatic N) is 1. The average molecular weight is 265 g/mol. The number of aromatic carboxylic acids is 1. The van der Waals surface area contributed by atoms with Crippen LogP contribution in [0.4, 0.5) is 0 Å². The molecule has 0 amide bonds.